The minimum Gasteiger partial charge on any atom is -0.486 e. The van der Waals surface area contributed by atoms with Crippen molar-refractivity contribution in [1.82, 2.24) is 10.2 Å². The first-order valence-electron chi connectivity index (χ1n) is 13.7. The number of fused-ring (bicyclic) bond motifs is 1. The number of halogens is 1. The van der Waals surface area contributed by atoms with Crippen LogP contribution in [0.3, 0.4) is 0 Å². The topological polar surface area (TPSA) is 105 Å². The second kappa shape index (κ2) is 12.8. The maximum atomic E-state index is 14.1. The van der Waals surface area contributed by atoms with E-state index in [1.54, 1.807) is 6.92 Å². The third-order valence-electron chi connectivity index (χ3n) is 6.57. The molecule has 1 aliphatic rings. The van der Waals surface area contributed by atoms with E-state index in [-0.39, 0.29) is 35.4 Å². The van der Waals surface area contributed by atoms with E-state index in [0.717, 1.165) is 22.0 Å². The summed E-state index contributed by atoms with van der Waals surface area (Å²) in [4.78, 5) is 28.7. The van der Waals surface area contributed by atoms with Crippen LogP contribution in [0.15, 0.2) is 77.7 Å². The number of hydrogen-bond donors (Lipinski definition) is 1. The number of nitrogens with one attached hydrogen (secondary N) is 1. The van der Waals surface area contributed by atoms with Crippen molar-refractivity contribution >= 4 is 27.5 Å². The molecule has 0 bridgehead atoms. The smallest absolute Gasteiger partial charge is 0.264 e. The molecule has 1 heterocycles. The number of nitrogens with zero attached hydrogens (tertiary/aromatic N) is 2. The summed E-state index contributed by atoms with van der Waals surface area (Å²) in [6.07, 6.45) is 0.298. The number of sulfonamides is 1. The van der Waals surface area contributed by atoms with Gasteiger partial charge in [0.05, 0.1) is 10.6 Å². The lowest BCUT2D eigenvalue weighted by Crippen LogP contribution is -2.55. The Morgan fingerprint density at radius 3 is 2.21 bits per heavy atom. The van der Waals surface area contributed by atoms with Gasteiger partial charge in [-0.2, -0.15) is 0 Å². The number of anilines is 1. The zero-order chi connectivity index (χ0) is 30.5. The minimum absolute atomic E-state index is 0.0804. The van der Waals surface area contributed by atoms with E-state index in [4.69, 9.17) is 9.47 Å². The van der Waals surface area contributed by atoms with Gasteiger partial charge in [-0.05, 0) is 69.2 Å². The molecule has 1 atom stereocenters. The molecule has 1 aliphatic heterocycles. The fraction of sp³-hybridized carbons (Fsp3) is 0.355. The molecule has 0 aliphatic carbocycles. The van der Waals surface area contributed by atoms with Crippen molar-refractivity contribution in [2.75, 3.05) is 24.1 Å². The average molecular weight is 598 g/mol. The zero-order valence-corrected chi connectivity index (χ0v) is 25.0. The number of amides is 2. The fourth-order valence-corrected chi connectivity index (χ4v) is 6.03. The summed E-state index contributed by atoms with van der Waals surface area (Å²) in [6.45, 7) is 7.38. The van der Waals surface area contributed by atoms with Crippen molar-refractivity contribution in [3.63, 3.8) is 0 Å². The summed E-state index contributed by atoms with van der Waals surface area (Å²) in [5.74, 6) is -0.826. The van der Waals surface area contributed by atoms with Gasteiger partial charge in [-0.3, -0.25) is 13.9 Å². The number of rotatable bonds is 10. The van der Waals surface area contributed by atoms with Crippen LogP contribution in [0.25, 0.3) is 0 Å². The Balaban J connectivity index is 1.74. The molecule has 0 saturated heterocycles. The summed E-state index contributed by atoms with van der Waals surface area (Å²) in [6, 6.07) is 17.3. The van der Waals surface area contributed by atoms with Crippen molar-refractivity contribution in [3.8, 4) is 11.5 Å². The highest BCUT2D eigenvalue weighted by Crippen LogP contribution is 2.34. The van der Waals surface area contributed by atoms with Crippen molar-refractivity contribution in [2.45, 2.75) is 57.1 Å². The summed E-state index contributed by atoms with van der Waals surface area (Å²) in [7, 11) is -4.36. The molecule has 0 unspecified atom stereocenters. The van der Waals surface area contributed by atoms with Crippen LogP contribution >= 0.6 is 0 Å². The molecule has 0 saturated carbocycles. The SMILES string of the molecule is CC[C@@H](C(=O)NC(C)(C)C)N(Cc1ccccc1)C(=O)CN(c1ccc(F)cc1)S(=O)(=O)c1ccc2c(c1)OCCO2. The average Bonchev–Trinajstić information content (AvgIpc) is 2.95. The molecule has 3 aromatic carbocycles. The van der Waals surface area contributed by atoms with Crippen LogP contribution in [-0.4, -0.2) is 56.5 Å². The summed E-state index contributed by atoms with van der Waals surface area (Å²) >= 11 is 0. The lowest BCUT2D eigenvalue weighted by Gasteiger charge is -2.34. The highest BCUT2D eigenvalue weighted by molar-refractivity contribution is 7.92. The zero-order valence-electron chi connectivity index (χ0n) is 24.2. The molecule has 224 valence electrons. The second-order valence-electron chi connectivity index (χ2n) is 11.0. The fourth-order valence-electron chi connectivity index (χ4n) is 4.60. The molecule has 0 spiro atoms. The van der Waals surface area contributed by atoms with Gasteiger partial charge >= 0.3 is 0 Å². The van der Waals surface area contributed by atoms with Gasteiger partial charge in [-0.15, -0.1) is 0 Å². The molecule has 9 nitrogen and oxygen atoms in total. The molecule has 0 radical (unpaired) electrons. The molecule has 0 aromatic heterocycles. The first-order chi connectivity index (χ1) is 19.9. The Hall–Kier alpha value is -4.12. The predicted octanol–water partition coefficient (Wildman–Crippen LogP) is 4.51. The Bertz CT molecular complexity index is 1510. The standard InChI is InChI=1S/C31H36FN3O6S/c1-5-26(30(37)33-31(2,3)4)34(20-22-9-7-6-8-10-22)29(36)21-35(24-13-11-23(32)12-14-24)42(38,39)25-15-16-27-28(19-25)41-18-17-40-27/h6-16,19,26H,5,17-18,20-21H2,1-4H3,(H,33,37)/t26-/m0/s1. The monoisotopic (exact) mass is 597 g/mol. The van der Waals surface area contributed by atoms with Gasteiger partial charge in [0.2, 0.25) is 11.8 Å². The third-order valence-corrected chi connectivity index (χ3v) is 8.34. The van der Waals surface area contributed by atoms with Gasteiger partial charge < -0.3 is 19.7 Å². The van der Waals surface area contributed by atoms with Gasteiger partial charge in [-0.25, -0.2) is 12.8 Å². The first kappa shape index (κ1) is 30.8. The molecule has 2 amide bonds. The first-order valence-corrected chi connectivity index (χ1v) is 15.2. The largest absolute Gasteiger partial charge is 0.486 e. The molecule has 3 aromatic rings. The van der Waals surface area contributed by atoms with Gasteiger partial charge in [0, 0.05) is 18.2 Å². The second-order valence-corrected chi connectivity index (χ2v) is 12.8. The van der Waals surface area contributed by atoms with E-state index in [9.17, 15) is 22.4 Å². The quantitative estimate of drug-likeness (QED) is 0.369. The van der Waals surface area contributed by atoms with Gasteiger partial charge in [0.25, 0.3) is 10.0 Å². The highest BCUT2D eigenvalue weighted by atomic mass is 32.2. The Labute approximate surface area is 246 Å². The van der Waals surface area contributed by atoms with Crippen LogP contribution in [0.1, 0.15) is 39.7 Å². The number of ether oxygens (including phenoxy) is 2. The summed E-state index contributed by atoms with van der Waals surface area (Å²) < 4.78 is 54.0. The van der Waals surface area contributed by atoms with Crippen molar-refractivity contribution in [1.29, 1.82) is 0 Å². The molecular weight excluding hydrogens is 561 g/mol. The maximum Gasteiger partial charge on any atom is 0.264 e. The molecule has 11 heteroatoms. The number of hydrogen-bond acceptors (Lipinski definition) is 6. The number of carbonyl (C=O) groups is 2. The van der Waals surface area contributed by atoms with E-state index >= 15 is 0 Å². The molecule has 42 heavy (non-hydrogen) atoms. The third kappa shape index (κ3) is 7.39. The van der Waals surface area contributed by atoms with Gasteiger partial charge in [0.1, 0.15) is 31.6 Å². The van der Waals surface area contributed by atoms with E-state index in [2.05, 4.69) is 5.32 Å². The summed E-state index contributed by atoms with van der Waals surface area (Å²) in [5, 5.41) is 2.94. The van der Waals surface area contributed by atoms with Crippen LogP contribution in [0.4, 0.5) is 10.1 Å². The van der Waals surface area contributed by atoms with Crippen molar-refractivity contribution in [3.05, 3.63) is 84.2 Å². The van der Waals surface area contributed by atoms with Gasteiger partial charge in [0.15, 0.2) is 11.5 Å². The van der Waals surface area contributed by atoms with E-state index in [0.29, 0.717) is 18.8 Å². The van der Waals surface area contributed by atoms with Crippen LogP contribution < -0.4 is 19.1 Å². The normalized spacial score (nSPS) is 13.6. The predicted molar refractivity (Wildman–Crippen MR) is 157 cm³/mol. The van der Waals surface area contributed by atoms with Crippen LogP contribution in [0.2, 0.25) is 0 Å². The van der Waals surface area contributed by atoms with Gasteiger partial charge in [-0.1, -0.05) is 37.3 Å². The Morgan fingerprint density at radius 2 is 1.60 bits per heavy atom. The Morgan fingerprint density at radius 1 is 0.952 bits per heavy atom. The van der Waals surface area contributed by atoms with E-state index in [1.165, 1.54) is 35.2 Å². The Kier molecular flexibility index (Phi) is 9.40. The van der Waals surface area contributed by atoms with E-state index in [1.807, 2.05) is 51.1 Å². The van der Waals surface area contributed by atoms with Crippen LogP contribution in [0.5, 0.6) is 11.5 Å². The molecule has 0 fully saturated rings. The molecule has 4 rings (SSSR count). The highest BCUT2D eigenvalue weighted by Gasteiger charge is 2.35. The van der Waals surface area contributed by atoms with E-state index < -0.39 is 39.9 Å². The summed E-state index contributed by atoms with van der Waals surface area (Å²) in [5.41, 5.74) is 0.315. The van der Waals surface area contributed by atoms with Crippen molar-refractivity contribution in [2.24, 2.45) is 0 Å². The lowest BCUT2D eigenvalue weighted by atomic mass is 10.1. The lowest BCUT2D eigenvalue weighted by molar-refractivity contribution is -0.141. The maximum absolute atomic E-state index is 14.1. The molecular formula is C31H36FN3O6S. The van der Waals surface area contributed by atoms with Crippen LogP contribution in [-0.2, 0) is 26.2 Å². The molecule has 1 N–H and O–H groups in total. The number of carbonyl (C=O) groups excluding carboxylic acids is 2. The number of benzene rings is 3. The van der Waals surface area contributed by atoms with Crippen LogP contribution in [0, 0.1) is 5.82 Å². The van der Waals surface area contributed by atoms with Crippen molar-refractivity contribution < 1.29 is 31.9 Å². The minimum atomic E-state index is -4.36.